The van der Waals surface area contributed by atoms with Crippen LogP contribution in [0.15, 0.2) is 66.7 Å². The summed E-state index contributed by atoms with van der Waals surface area (Å²) in [4.78, 5) is 5.03. The summed E-state index contributed by atoms with van der Waals surface area (Å²) in [7, 11) is 1.71. The number of methoxy groups -OCH3 is 1. The second-order valence-electron chi connectivity index (χ2n) is 8.31. The summed E-state index contributed by atoms with van der Waals surface area (Å²) < 4.78 is 11.6. The molecule has 3 aromatic rings. The average Bonchev–Trinajstić information content (AvgIpc) is 2.81. The van der Waals surface area contributed by atoms with Crippen molar-refractivity contribution in [2.24, 2.45) is 0 Å². The fraction of sp³-hybridized carbons (Fsp3) is 0.333. The van der Waals surface area contributed by atoms with Gasteiger partial charge in [0.25, 0.3) is 0 Å². The monoisotopic (exact) mass is 416 g/mol. The van der Waals surface area contributed by atoms with Crippen molar-refractivity contribution in [1.82, 2.24) is 4.90 Å². The summed E-state index contributed by atoms with van der Waals surface area (Å²) in [5.74, 6) is 1.58. The van der Waals surface area contributed by atoms with E-state index in [0.29, 0.717) is 6.61 Å². The molecule has 0 unspecified atom stereocenters. The quantitative estimate of drug-likeness (QED) is 0.528. The van der Waals surface area contributed by atoms with Gasteiger partial charge >= 0.3 is 0 Å². The lowest BCUT2D eigenvalue weighted by Gasteiger charge is -2.37. The molecule has 0 amide bonds. The molecule has 4 heteroatoms. The first-order valence-electron chi connectivity index (χ1n) is 11.0. The van der Waals surface area contributed by atoms with Gasteiger partial charge in [-0.25, -0.2) is 0 Å². The van der Waals surface area contributed by atoms with Crippen LogP contribution in [0.2, 0.25) is 0 Å². The highest BCUT2D eigenvalue weighted by Crippen LogP contribution is 2.30. The smallest absolute Gasteiger partial charge is 0.161 e. The Kier molecular flexibility index (Phi) is 6.78. The Morgan fingerprint density at radius 3 is 2.29 bits per heavy atom. The predicted molar refractivity (Wildman–Crippen MR) is 127 cm³/mol. The highest BCUT2D eigenvalue weighted by atomic mass is 16.5. The van der Waals surface area contributed by atoms with Crippen molar-refractivity contribution in [2.75, 3.05) is 38.2 Å². The number of hydrogen-bond donors (Lipinski definition) is 0. The third kappa shape index (κ3) is 5.39. The fourth-order valence-corrected chi connectivity index (χ4v) is 4.13. The maximum atomic E-state index is 6.00. The number of rotatable bonds is 7. The molecule has 4 rings (SSSR count). The van der Waals surface area contributed by atoms with E-state index in [1.807, 2.05) is 24.3 Å². The Balaban J connectivity index is 1.35. The minimum atomic E-state index is 0.539. The Bertz CT molecular complexity index is 995. The first kappa shape index (κ1) is 21.3. The summed E-state index contributed by atoms with van der Waals surface area (Å²) in [6, 6.07) is 23.2. The normalized spacial score (nSPS) is 14.5. The van der Waals surface area contributed by atoms with E-state index in [-0.39, 0.29) is 0 Å². The van der Waals surface area contributed by atoms with Crippen LogP contribution in [-0.2, 0) is 13.2 Å². The van der Waals surface area contributed by atoms with E-state index in [1.54, 1.807) is 7.11 Å². The van der Waals surface area contributed by atoms with Crippen molar-refractivity contribution in [2.45, 2.75) is 27.0 Å². The number of nitrogens with zero attached hydrogens (tertiary/aromatic N) is 2. The zero-order chi connectivity index (χ0) is 21.6. The van der Waals surface area contributed by atoms with Crippen LogP contribution in [0.5, 0.6) is 11.5 Å². The SMILES string of the molecule is COc1cc(CN2CCN(c3cc(C)ccc3C)CC2)ccc1OCc1ccccc1. The van der Waals surface area contributed by atoms with Gasteiger partial charge in [-0.3, -0.25) is 4.90 Å². The number of anilines is 1. The van der Waals surface area contributed by atoms with Crippen molar-refractivity contribution >= 4 is 5.69 Å². The molecule has 0 aromatic heterocycles. The zero-order valence-corrected chi connectivity index (χ0v) is 18.8. The maximum Gasteiger partial charge on any atom is 0.161 e. The predicted octanol–water partition coefficient (Wildman–Crippen LogP) is 5.21. The zero-order valence-electron chi connectivity index (χ0n) is 18.8. The molecule has 0 spiro atoms. The van der Waals surface area contributed by atoms with Crippen molar-refractivity contribution in [3.05, 3.63) is 89.0 Å². The first-order chi connectivity index (χ1) is 15.1. The minimum Gasteiger partial charge on any atom is -0.493 e. The molecule has 0 N–H and O–H groups in total. The molecule has 0 aliphatic carbocycles. The van der Waals surface area contributed by atoms with Crippen LogP contribution in [0.1, 0.15) is 22.3 Å². The Morgan fingerprint density at radius 1 is 0.774 bits per heavy atom. The van der Waals surface area contributed by atoms with Crippen LogP contribution in [0, 0.1) is 13.8 Å². The molecule has 1 saturated heterocycles. The number of aryl methyl sites for hydroxylation is 2. The third-order valence-electron chi connectivity index (χ3n) is 5.95. The first-order valence-corrected chi connectivity index (χ1v) is 11.0. The van der Waals surface area contributed by atoms with Crippen LogP contribution in [-0.4, -0.2) is 38.2 Å². The molecule has 0 saturated carbocycles. The van der Waals surface area contributed by atoms with E-state index < -0.39 is 0 Å². The van der Waals surface area contributed by atoms with Gasteiger partial charge in [-0.05, 0) is 54.3 Å². The van der Waals surface area contributed by atoms with Crippen molar-refractivity contribution in [1.29, 1.82) is 0 Å². The van der Waals surface area contributed by atoms with E-state index in [1.165, 1.54) is 22.4 Å². The van der Waals surface area contributed by atoms with E-state index >= 15 is 0 Å². The van der Waals surface area contributed by atoms with E-state index in [9.17, 15) is 0 Å². The molecular weight excluding hydrogens is 384 g/mol. The van der Waals surface area contributed by atoms with Gasteiger partial charge in [0, 0.05) is 38.4 Å². The molecule has 1 heterocycles. The highest BCUT2D eigenvalue weighted by Gasteiger charge is 2.19. The Morgan fingerprint density at radius 2 is 1.55 bits per heavy atom. The number of piperazine rings is 1. The maximum absolute atomic E-state index is 6.00. The Labute approximate surface area is 186 Å². The van der Waals surface area contributed by atoms with Gasteiger partial charge in [0.1, 0.15) is 6.61 Å². The lowest BCUT2D eigenvalue weighted by Crippen LogP contribution is -2.46. The van der Waals surface area contributed by atoms with E-state index in [4.69, 9.17) is 9.47 Å². The third-order valence-corrected chi connectivity index (χ3v) is 5.95. The number of hydrogen-bond acceptors (Lipinski definition) is 4. The van der Waals surface area contributed by atoms with Gasteiger partial charge in [0.05, 0.1) is 7.11 Å². The summed E-state index contributed by atoms with van der Waals surface area (Å²) >= 11 is 0. The lowest BCUT2D eigenvalue weighted by atomic mass is 10.1. The summed E-state index contributed by atoms with van der Waals surface area (Å²) in [6.45, 7) is 10.1. The second kappa shape index (κ2) is 9.88. The second-order valence-corrected chi connectivity index (χ2v) is 8.31. The van der Waals surface area contributed by atoms with Gasteiger partial charge in [0.15, 0.2) is 11.5 Å². The van der Waals surface area contributed by atoms with Gasteiger partial charge in [-0.1, -0.05) is 48.5 Å². The van der Waals surface area contributed by atoms with Crippen molar-refractivity contribution < 1.29 is 9.47 Å². The van der Waals surface area contributed by atoms with Crippen molar-refractivity contribution in [3.63, 3.8) is 0 Å². The molecular formula is C27H32N2O2. The van der Waals surface area contributed by atoms with Crippen LogP contribution in [0.4, 0.5) is 5.69 Å². The van der Waals surface area contributed by atoms with E-state index in [2.05, 4.69) is 66.1 Å². The minimum absolute atomic E-state index is 0.539. The van der Waals surface area contributed by atoms with Crippen LogP contribution >= 0.6 is 0 Å². The number of benzene rings is 3. The van der Waals surface area contributed by atoms with Gasteiger partial charge in [0.2, 0.25) is 0 Å². The number of ether oxygens (including phenoxy) is 2. The van der Waals surface area contributed by atoms with Crippen molar-refractivity contribution in [3.8, 4) is 11.5 Å². The summed E-state index contributed by atoms with van der Waals surface area (Å²) in [5, 5.41) is 0. The molecule has 1 aliphatic heterocycles. The fourth-order valence-electron chi connectivity index (χ4n) is 4.13. The van der Waals surface area contributed by atoms with Gasteiger partial charge in [-0.2, -0.15) is 0 Å². The summed E-state index contributed by atoms with van der Waals surface area (Å²) in [6.07, 6.45) is 0. The molecule has 3 aromatic carbocycles. The molecule has 31 heavy (non-hydrogen) atoms. The summed E-state index contributed by atoms with van der Waals surface area (Å²) in [5.41, 5.74) is 6.46. The largest absolute Gasteiger partial charge is 0.493 e. The molecule has 1 fully saturated rings. The molecule has 4 nitrogen and oxygen atoms in total. The molecule has 0 atom stereocenters. The van der Waals surface area contributed by atoms with Crippen LogP contribution < -0.4 is 14.4 Å². The van der Waals surface area contributed by atoms with Gasteiger partial charge in [-0.15, -0.1) is 0 Å². The van der Waals surface area contributed by atoms with E-state index in [0.717, 1.165) is 49.8 Å². The highest BCUT2D eigenvalue weighted by molar-refractivity contribution is 5.55. The molecule has 0 bridgehead atoms. The molecule has 162 valence electrons. The Hall–Kier alpha value is -2.98. The average molecular weight is 417 g/mol. The lowest BCUT2D eigenvalue weighted by molar-refractivity contribution is 0.248. The van der Waals surface area contributed by atoms with Crippen LogP contribution in [0.3, 0.4) is 0 Å². The van der Waals surface area contributed by atoms with Gasteiger partial charge < -0.3 is 14.4 Å². The molecule has 1 aliphatic rings. The topological polar surface area (TPSA) is 24.9 Å². The molecule has 0 radical (unpaired) electrons. The standard InChI is InChI=1S/C27H32N2O2/c1-21-9-10-22(2)25(17-21)29-15-13-28(14-16-29)19-24-11-12-26(27(18-24)30-3)31-20-23-7-5-4-6-8-23/h4-12,17-18H,13-16,19-20H2,1-3H3. The van der Waals surface area contributed by atoms with Crippen LogP contribution in [0.25, 0.3) is 0 Å².